The van der Waals surface area contributed by atoms with Crippen LogP contribution in [-0.2, 0) is 25.8 Å². The van der Waals surface area contributed by atoms with Gasteiger partial charge in [0.15, 0.2) is 0 Å². The van der Waals surface area contributed by atoms with Crippen molar-refractivity contribution in [1.82, 2.24) is 0 Å². The molecule has 0 spiro atoms. The van der Waals surface area contributed by atoms with Crippen LogP contribution < -0.4 is 0 Å². The van der Waals surface area contributed by atoms with Gasteiger partial charge in [-0.2, -0.15) is 0 Å². The summed E-state index contributed by atoms with van der Waals surface area (Å²) < 4.78 is 2.57. The molecule has 0 fully saturated rings. The summed E-state index contributed by atoms with van der Waals surface area (Å²) in [5, 5.41) is 0. The Morgan fingerprint density at radius 2 is 1.47 bits per heavy atom. The third-order valence-corrected chi connectivity index (χ3v) is 26.3. The maximum atomic E-state index is 2.69. The number of benzene rings is 2. The topological polar surface area (TPSA) is 0 Å². The van der Waals surface area contributed by atoms with Gasteiger partial charge in [0.05, 0.1) is 0 Å². The molecule has 2 heteroatoms. The molecule has 0 saturated heterocycles. The maximum absolute atomic E-state index is 2.69. The summed E-state index contributed by atoms with van der Waals surface area (Å²) >= 11 is -1.93. The van der Waals surface area contributed by atoms with Crippen molar-refractivity contribution in [2.75, 3.05) is 0 Å². The molecule has 0 saturated carbocycles. The van der Waals surface area contributed by atoms with E-state index in [2.05, 4.69) is 116 Å². The van der Waals surface area contributed by atoms with Crippen LogP contribution in [0.15, 0.2) is 74.6 Å². The molecule has 0 heterocycles. The molecule has 0 nitrogen and oxygen atoms in total. The number of allylic oxidation sites excluding steroid dienone is 5. The normalized spacial score (nSPS) is 20.6. The summed E-state index contributed by atoms with van der Waals surface area (Å²) in [6.45, 7) is 21.7. The van der Waals surface area contributed by atoms with Gasteiger partial charge in [0.25, 0.3) is 0 Å². The van der Waals surface area contributed by atoms with Gasteiger partial charge in [-0.15, -0.1) is 0 Å². The van der Waals surface area contributed by atoms with E-state index in [1.54, 1.807) is 22.3 Å². The number of rotatable bonds is 3. The quantitative estimate of drug-likeness (QED) is 0.358. The fourth-order valence-corrected chi connectivity index (χ4v) is 25.2. The molecule has 0 amide bonds. The fourth-order valence-electron chi connectivity index (χ4n) is 5.55. The van der Waals surface area contributed by atoms with Gasteiger partial charge in [-0.1, -0.05) is 0 Å². The zero-order chi connectivity index (χ0) is 23.4. The monoisotopic (exact) mass is 516 g/mol. The molecule has 4 rings (SSSR count). The van der Waals surface area contributed by atoms with Crippen LogP contribution in [0.1, 0.15) is 74.3 Å². The zero-order valence-electron chi connectivity index (χ0n) is 21.4. The van der Waals surface area contributed by atoms with E-state index in [1.165, 1.54) is 22.3 Å². The minimum atomic E-state index is -1.93. The molecule has 0 radical (unpaired) electrons. The Morgan fingerprint density at radius 1 is 0.844 bits per heavy atom. The molecule has 2 atom stereocenters. The summed E-state index contributed by atoms with van der Waals surface area (Å²) in [5.74, 6) is 0.653. The van der Waals surface area contributed by atoms with Crippen LogP contribution in [0.3, 0.4) is 0 Å². The molecular weight excluding hydrogens is 480 g/mol. The van der Waals surface area contributed by atoms with E-state index in [1.807, 2.05) is 3.28 Å². The molecule has 2 unspecified atom stereocenters. The Bertz CT molecular complexity index is 1190. The first-order valence-electron chi connectivity index (χ1n) is 12.0. The Hall–Kier alpha value is -1.24. The van der Waals surface area contributed by atoms with Crippen molar-refractivity contribution >= 4 is 11.0 Å². The van der Waals surface area contributed by atoms with E-state index in [9.17, 15) is 0 Å². The van der Waals surface area contributed by atoms with E-state index in [0.29, 0.717) is 9.54 Å². The van der Waals surface area contributed by atoms with Crippen molar-refractivity contribution in [3.63, 3.8) is 0 Å². The third-order valence-electron chi connectivity index (χ3n) is 7.76. The summed E-state index contributed by atoms with van der Waals surface area (Å²) in [6.07, 6.45) is 2.69. The summed E-state index contributed by atoms with van der Waals surface area (Å²) in [4.78, 5) is 0. The van der Waals surface area contributed by atoms with Crippen LogP contribution >= 0.6 is 0 Å². The Kier molecular flexibility index (Phi) is 6.61. The van der Waals surface area contributed by atoms with Crippen molar-refractivity contribution < 1.29 is 20.4 Å². The van der Waals surface area contributed by atoms with Gasteiger partial charge < -0.3 is 0 Å². The Balaban J connectivity index is 1.85. The van der Waals surface area contributed by atoms with Crippen LogP contribution in [0.5, 0.6) is 0 Å². The molecular formula is C30H38SiZr. The Morgan fingerprint density at radius 3 is 2.00 bits per heavy atom. The SMILES string of the molecule is CC1=C(C)C(C)[C]([Zr]([CH]2C=C(c3ccc(C(C)(C)C)cc3)c3ccccc32)=[Si](C)C)=C1C. The molecule has 0 bridgehead atoms. The molecule has 32 heavy (non-hydrogen) atoms. The Labute approximate surface area is 203 Å². The van der Waals surface area contributed by atoms with Crippen LogP contribution in [0.25, 0.3) is 5.57 Å². The number of hydrogen-bond acceptors (Lipinski definition) is 0. The van der Waals surface area contributed by atoms with Crippen molar-refractivity contribution in [3.05, 3.63) is 96.9 Å². The molecule has 2 aliphatic carbocycles. The first kappa shape index (κ1) is 23.9. The first-order chi connectivity index (χ1) is 15.0. The zero-order valence-corrected chi connectivity index (χ0v) is 24.8. The number of hydrogen-bond donors (Lipinski definition) is 0. The predicted octanol–water partition coefficient (Wildman–Crippen LogP) is 8.60. The number of fused-ring (bicyclic) bond motifs is 1. The van der Waals surface area contributed by atoms with E-state index in [4.69, 9.17) is 0 Å². The molecule has 166 valence electrons. The van der Waals surface area contributed by atoms with Crippen molar-refractivity contribution in [1.29, 1.82) is 0 Å². The fraction of sp³-hybridized carbons (Fsp3) is 0.400. The van der Waals surface area contributed by atoms with E-state index >= 15 is 0 Å². The summed E-state index contributed by atoms with van der Waals surface area (Å²) in [7, 11) is 0. The van der Waals surface area contributed by atoms with Gasteiger partial charge in [-0.3, -0.25) is 0 Å². The first-order valence-corrected chi connectivity index (χ1v) is 20.8. The van der Waals surface area contributed by atoms with E-state index in [-0.39, 0.29) is 10.8 Å². The molecule has 2 aromatic carbocycles. The van der Waals surface area contributed by atoms with Crippen molar-refractivity contribution in [2.24, 2.45) is 5.92 Å². The van der Waals surface area contributed by atoms with Gasteiger partial charge in [0.2, 0.25) is 0 Å². The van der Waals surface area contributed by atoms with Gasteiger partial charge in [-0.25, -0.2) is 0 Å². The standard InChI is InChI=1S/C19H19.C9H13.C2H6Si.Zr/c1-19(2,3)16-11-8-15(9-12-16)18-13-10-14-6-4-5-7-17(14)18;1-6-5-7(2)9(4)8(6)3;1-3-2;/h4-13H,1-3H3;6H,1-4H3;1-2H3;. The van der Waals surface area contributed by atoms with E-state index in [0.717, 1.165) is 0 Å². The second kappa shape index (κ2) is 8.84. The predicted molar refractivity (Wildman–Crippen MR) is 139 cm³/mol. The molecule has 0 aromatic heterocycles. The molecule has 0 aliphatic heterocycles. The van der Waals surface area contributed by atoms with Gasteiger partial charge in [-0.05, 0) is 0 Å². The average molecular weight is 518 g/mol. The molecule has 0 N–H and O–H groups in total. The summed E-state index contributed by atoms with van der Waals surface area (Å²) in [5.41, 5.74) is 12.0. The second-order valence-corrected chi connectivity index (χ2v) is 28.4. The summed E-state index contributed by atoms with van der Waals surface area (Å²) in [6, 6.07) is 18.7. The van der Waals surface area contributed by atoms with Gasteiger partial charge in [0, 0.05) is 0 Å². The van der Waals surface area contributed by atoms with Crippen LogP contribution in [0.2, 0.25) is 13.1 Å². The molecule has 2 aliphatic rings. The van der Waals surface area contributed by atoms with Gasteiger partial charge in [0.1, 0.15) is 0 Å². The van der Waals surface area contributed by atoms with Crippen LogP contribution in [-0.4, -0.2) is 5.43 Å². The van der Waals surface area contributed by atoms with Crippen molar-refractivity contribution in [2.45, 2.75) is 70.6 Å². The third kappa shape index (κ3) is 4.07. The minimum absolute atomic E-state index is 0.191. The second-order valence-electron chi connectivity index (χ2n) is 11.0. The van der Waals surface area contributed by atoms with Crippen molar-refractivity contribution in [3.8, 4) is 0 Å². The van der Waals surface area contributed by atoms with Crippen LogP contribution in [0, 0.1) is 5.92 Å². The molecule has 2 aromatic rings. The van der Waals surface area contributed by atoms with Gasteiger partial charge >= 0.3 is 205 Å². The van der Waals surface area contributed by atoms with E-state index < -0.39 is 20.4 Å². The average Bonchev–Trinajstić information content (AvgIpc) is 3.21. The van der Waals surface area contributed by atoms with Crippen LogP contribution in [0.4, 0.5) is 0 Å².